The van der Waals surface area contributed by atoms with Crippen molar-refractivity contribution in [1.29, 1.82) is 0 Å². The van der Waals surface area contributed by atoms with Gasteiger partial charge >= 0.3 is 0 Å². The minimum absolute atomic E-state index is 0.329. The van der Waals surface area contributed by atoms with Gasteiger partial charge < -0.3 is 10.5 Å². The van der Waals surface area contributed by atoms with Crippen LogP contribution in [0.15, 0.2) is 46.9 Å². The van der Waals surface area contributed by atoms with E-state index in [1.807, 2.05) is 12.1 Å². The number of benzene rings is 2. The smallest absolute Gasteiger partial charge is 0.119 e. The largest absolute Gasteiger partial charge is 0.497 e. The number of aryl methyl sites for hydroxylation is 1. The molecule has 2 nitrogen and oxygen atoms in total. The first-order valence-corrected chi connectivity index (χ1v) is 7.52. The van der Waals surface area contributed by atoms with Gasteiger partial charge in [0.2, 0.25) is 0 Å². The first-order valence-electron chi connectivity index (χ1n) is 6.73. The Morgan fingerprint density at radius 3 is 2.60 bits per heavy atom. The Labute approximate surface area is 129 Å². The second kappa shape index (κ2) is 6.91. The van der Waals surface area contributed by atoms with E-state index in [4.69, 9.17) is 10.5 Å². The van der Waals surface area contributed by atoms with Crippen LogP contribution in [-0.4, -0.2) is 13.7 Å². The number of methoxy groups -OCH3 is 1. The van der Waals surface area contributed by atoms with Gasteiger partial charge in [-0.25, -0.2) is 0 Å². The summed E-state index contributed by atoms with van der Waals surface area (Å²) >= 11 is 3.52. The van der Waals surface area contributed by atoms with Crippen molar-refractivity contribution in [1.82, 2.24) is 0 Å². The van der Waals surface area contributed by atoms with Crippen LogP contribution >= 0.6 is 15.9 Å². The fraction of sp³-hybridized carbons (Fsp3) is 0.294. The number of hydrogen-bond donors (Lipinski definition) is 1. The zero-order chi connectivity index (χ0) is 14.5. The molecule has 0 spiro atoms. The van der Waals surface area contributed by atoms with E-state index in [0.717, 1.165) is 16.6 Å². The van der Waals surface area contributed by atoms with Crippen LogP contribution in [0.4, 0.5) is 0 Å². The van der Waals surface area contributed by atoms with Gasteiger partial charge in [-0.2, -0.15) is 0 Å². The van der Waals surface area contributed by atoms with Crippen LogP contribution in [0, 0.1) is 6.92 Å². The molecule has 0 radical (unpaired) electrons. The monoisotopic (exact) mass is 333 g/mol. The first-order chi connectivity index (χ1) is 9.63. The highest BCUT2D eigenvalue weighted by atomic mass is 79.9. The number of hydrogen-bond acceptors (Lipinski definition) is 2. The SMILES string of the molecule is COc1ccc(C(CN)Cc2cccc(Br)c2)c(C)c1. The van der Waals surface area contributed by atoms with E-state index < -0.39 is 0 Å². The van der Waals surface area contributed by atoms with Gasteiger partial charge in [-0.05, 0) is 60.8 Å². The van der Waals surface area contributed by atoms with Crippen LogP contribution in [0.1, 0.15) is 22.6 Å². The normalized spacial score (nSPS) is 12.2. The maximum Gasteiger partial charge on any atom is 0.119 e. The van der Waals surface area contributed by atoms with E-state index >= 15 is 0 Å². The van der Waals surface area contributed by atoms with Crippen molar-refractivity contribution in [2.24, 2.45) is 5.73 Å². The van der Waals surface area contributed by atoms with E-state index in [1.165, 1.54) is 16.7 Å². The fourth-order valence-corrected chi connectivity index (χ4v) is 2.95. The molecule has 0 heterocycles. The van der Waals surface area contributed by atoms with Gasteiger partial charge in [0, 0.05) is 10.4 Å². The third-order valence-corrected chi connectivity index (χ3v) is 4.07. The highest BCUT2D eigenvalue weighted by molar-refractivity contribution is 9.10. The Morgan fingerprint density at radius 1 is 1.20 bits per heavy atom. The third kappa shape index (κ3) is 3.62. The molecule has 2 aromatic rings. The highest BCUT2D eigenvalue weighted by Gasteiger charge is 2.13. The molecule has 2 N–H and O–H groups in total. The highest BCUT2D eigenvalue weighted by Crippen LogP contribution is 2.27. The minimum Gasteiger partial charge on any atom is -0.497 e. The van der Waals surface area contributed by atoms with E-state index in [0.29, 0.717) is 12.5 Å². The summed E-state index contributed by atoms with van der Waals surface area (Å²) in [5.74, 6) is 1.22. The molecular formula is C17H20BrNO. The predicted molar refractivity (Wildman–Crippen MR) is 87.4 cm³/mol. The molecule has 0 aliphatic carbocycles. The molecule has 0 saturated carbocycles. The Morgan fingerprint density at radius 2 is 2.00 bits per heavy atom. The molecule has 0 fully saturated rings. The van der Waals surface area contributed by atoms with Crippen molar-refractivity contribution < 1.29 is 4.74 Å². The zero-order valence-electron chi connectivity index (χ0n) is 11.9. The van der Waals surface area contributed by atoms with E-state index in [-0.39, 0.29) is 0 Å². The molecule has 20 heavy (non-hydrogen) atoms. The maximum absolute atomic E-state index is 5.99. The number of rotatable bonds is 5. The van der Waals surface area contributed by atoms with Crippen molar-refractivity contribution in [3.63, 3.8) is 0 Å². The van der Waals surface area contributed by atoms with E-state index in [9.17, 15) is 0 Å². The molecule has 3 heteroatoms. The van der Waals surface area contributed by atoms with Crippen molar-refractivity contribution in [3.8, 4) is 5.75 Å². The van der Waals surface area contributed by atoms with Crippen molar-refractivity contribution in [2.45, 2.75) is 19.3 Å². The number of nitrogens with two attached hydrogens (primary N) is 1. The number of halogens is 1. The molecule has 0 aromatic heterocycles. The summed E-state index contributed by atoms with van der Waals surface area (Å²) in [7, 11) is 1.69. The lowest BCUT2D eigenvalue weighted by Gasteiger charge is -2.18. The quantitative estimate of drug-likeness (QED) is 0.895. The fourth-order valence-electron chi connectivity index (χ4n) is 2.50. The molecule has 106 valence electrons. The Hall–Kier alpha value is -1.32. The van der Waals surface area contributed by atoms with Gasteiger partial charge in [-0.1, -0.05) is 34.1 Å². The summed E-state index contributed by atoms with van der Waals surface area (Å²) in [6.45, 7) is 2.75. The lowest BCUT2D eigenvalue weighted by molar-refractivity contribution is 0.414. The van der Waals surface area contributed by atoms with Crippen LogP contribution in [0.5, 0.6) is 5.75 Å². The minimum atomic E-state index is 0.329. The van der Waals surface area contributed by atoms with Gasteiger partial charge in [0.05, 0.1) is 7.11 Å². The summed E-state index contributed by atoms with van der Waals surface area (Å²) in [6, 6.07) is 14.6. The predicted octanol–water partition coefficient (Wildman–Crippen LogP) is 4.05. The van der Waals surface area contributed by atoms with Crippen LogP contribution < -0.4 is 10.5 Å². The topological polar surface area (TPSA) is 35.2 Å². The average molecular weight is 334 g/mol. The van der Waals surface area contributed by atoms with Crippen LogP contribution in [0.3, 0.4) is 0 Å². The molecule has 1 unspecified atom stereocenters. The van der Waals surface area contributed by atoms with Gasteiger partial charge in [0.25, 0.3) is 0 Å². The van der Waals surface area contributed by atoms with Crippen molar-refractivity contribution >= 4 is 15.9 Å². The first kappa shape index (κ1) is 15.1. The molecule has 0 aliphatic rings. The molecule has 0 amide bonds. The Balaban J connectivity index is 2.24. The second-order valence-corrected chi connectivity index (χ2v) is 5.90. The number of ether oxygens (including phenoxy) is 1. The van der Waals surface area contributed by atoms with Crippen LogP contribution in [0.2, 0.25) is 0 Å². The molecule has 2 aromatic carbocycles. The third-order valence-electron chi connectivity index (χ3n) is 3.57. The summed E-state index contributed by atoms with van der Waals surface area (Å²) in [5.41, 5.74) is 9.81. The summed E-state index contributed by atoms with van der Waals surface area (Å²) in [6.07, 6.45) is 0.948. The average Bonchev–Trinajstić information content (AvgIpc) is 2.45. The van der Waals surface area contributed by atoms with Crippen molar-refractivity contribution in [3.05, 3.63) is 63.6 Å². The Kier molecular flexibility index (Phi) is 5.21. The Bertz CT molecular complexity index is 583. The summed E-state index contributed by atoms with van der Waals surface area (Å²) in [4.78, 5) is 0. The van der Waals surface area contributed by atoms with Crippen molar-refractivity contribution in [2.75, 3.05) is 13.7 Å². The molecule has 0 aliphatic heterocycles. The van der Waals surface area contributed by atoms with Gasteiger partial charge in [-0.15, -0.1) is 0 Å². The van der Waals surface area contributed by atoms with Gasteiger partial charge in [-0.3, -0.25) is 0 Å². The molecule has 2 rings (SSSR count). The molecule has 0 bridgehead atoms. The van der Waals surface area contributed by atoms with Crippen LogP contribution in [0.25, 0.3) is 0 Å². The van der Waals surface area contributed by atoms with E-state index in [2.05, 4.69) is 53.2 Å². The molecule has 1 atom stereocenters. The maximum atomic E-state index is 5.99. The van der Waals surface area contributed by atoms with Gasteiger partial charge in [0.15, 0.2) is 0 Å². The lowest BCUT2D eigenvalue weighted by Crippen LogP contribution is -2.16. The molecule has 0 saturated heterocycles. The molecular weight excluding hydrogens is 314 g/mol. The van der Waals surface area contributed by atoms with Crippen LogP contribution in [-0.2, 0) is 6.42 Å². The zero-order valence-corrected chi connectivity index (χ0v) is 13.5. The lowest BCUT2D eigenvalue weighted by atomic mass is 9.89. The van der Waals surface area contributed by atoms with Gasteiger partial charge in [0.1, 0.15) is 5.75 Å². The summed E-state index contributed by atoms with van der Waals surface area (Å²) in [5, 5.41) is 0. The summed E-state index contributed by atoms with van der Waals surface area (Å²) < 4.78 is 6.37. The van der Waals surface area contributed by atoms with E-state index in [1.54, 1.807) is 7.11 Å². The second-order valence-electron chi connectivity index (χ2n) is 4.99. The standard InChI is InChI=1S/C17H20BrNO/c1-12-8-16(20-2)6-7-17(12)14(11-19)9-13-4-3-5-15(18)10-13/h3-8,10,14H,9,11,19H2,1-2H3.